The Labute approximate surface area is 245 Å². The number of hydrogen-bond donors (Lipinski definition) is 0. The Morgan fingerprint density at radius 1 is 0.395 bits per heavy atom. The van der Waals surface area contributed by atoms with Crippen molar-refractivity contribution in [2.24, 2.45) is 0 Å². The fourth-order valence-corrected chi connectivity index (χ4v) is 9.88. The van der Waals surface area contributed by atoms with Crippen molar-refractivity contribution < 1.29 is 22.1 Å². The van der Waals surface area contributed by atoms with Gasteiger partial charge >= 0.3 is 0 Å². The van der Waals surface area contributed by atoms with Gasteiger partial charge in [0, 0.05) is 28.0 Å². The lowest BCUT2D eigenvalue weighted by Crippen LogP contribution is -2.30. The summed E-state index contributed by atoms with van der Waals surface area (Å²) in [6.45, 7) is 0. The minimum absolute atomic E-state index is 0.188. The Morgan fingerprint density at radius 3 is 1.19 bits per heavy atom. The molecule has 0 saturated heterocycles. The van der Waals surface area contributed by atoms with E-state index in [-0.39, 0.29) is 15.9 Å². The first-order valence-electron chi connectivity index (χ1n) is 13.8. The van der Waals surface area contributed by atoms with E-state index in [0.717, 1.165) is 68.8 Å². The summed E-state index contributed by atoms with van der Waals surface area (Å²) in [4.78, 5) is 0. The number of hydrogen-bond acceptors (Lipinski definition) is 1. The third-order valence-electron chi connectivity index (χ3n) is 8.77. The molecule has 6 aromatic carbocycles. The second-order valence-electron chi connectivity index (χ2n) is 11.0. The van der Waals surface area contributed by atoms with E-state index in [1.165, 1.54) is 0 Å². The van der Waals surface area contributed by atoms with Gasteiger partial charge in [-0.25, -0.2) is 17.6 Å². The molecule has 0 unspecified atom stereocenters. The summed E-state index contributed by atoms with van der Waals surface area (Å²) >= 11 is 0. The molecule has 0 saturated carbocycles. The number of halogens is 4. The van der Waals surface area contributed by atoms with Gasteiger partial charge in [0.15, 0.2) is 7.14 Å². The standard InChI is InChI=1S/C37H21F4OP/c38-22-15-23(39)18-27(17-22)43(42,28-19-24(40)16-25(41)20-28)26-13-14-32-31-9-3-6-12-35(31)37(36(32)21-26)33-10-4-1-7-29(33)30-8-2-5-11-34(30)37/h1-21H. The number of rotatable bonds is 3. The van der Waals surface area contributed by atoms with E-state index in [4.69, 9.17) is 0 Å². The van der Waals surface area contributed by atoms with Gasteiger partial charge in [0.25, 0.3) is 0 Å². The van der Waals surface area contributed by atoms with Crippen LogP contribution in [-0.2, 0) is 9.98 Å². The summed E-state index contributed by atoms with van der Waals surface area (Å²) in [6.07, 6.45) is 0. The molecule has 6 aromatic rings. The minimum Gasteiger partial charge on any atom is -0.309 e. The molecular formula is C37H21F4OP. The summed E-state index contributed by atoms with van der Waals surface area (Å²) in [7, 11) is -4.20. The molecule has 2 aliphatic carbocycles. The van der Waals surface area contributed by atoms with E-state index in [1.807, 2.05) is 42.5 Å². The van der Waals surface area contributed by atoms with E-state index in [2.05, 4.69) is 36.4 Å². The van der Waals surface area contributed by atoms with Crippen molar-refractivity contribution in [3.05, 3.63) is 173 Å². The molecule has 0 radical (unpaired) electrons. The van der Waals surface area contributed by atoms with Crippen LogP contribution in [0.3, 0.4) is 0 Å². The molecule has 208 valence electrons. The molecule has 43 heavy (non-hydrogen) atoms. The molecule has 8 rings (SSSR count). The van der Waals surface area contributed by atoms with Crippen LogP contribution >= 0.6 is 7.14 Å². The van der Waals surface area contributed by atoms with Crippen LogP contribution in [0, 0.1) is 23.3 Å². The van der Waals surface area contributed by atoms with Crippen molar-refractivity contribution in [3.8, 4) is 22.3 Å². The molecule has 0 N–H and O–H groups in total. The van der Waals surface area contributed by atoms with Crippen LogP contribution in [0.2, 0.25) is 0 Å². The summed E-state index contributed by atoms with van der Waals surface area (Å²) in [5, 5.41) is -0.159. The van der Waals surface area contributed by atoms with E-state index < -0.39 is 35.8 Å². The summed E-state index contributed by atoms with van der Waals surface area (Å²) in [6, 6.07) is 35.0. The van der Waals surface area contributed by atoms with Crippen LogP contribution in [-0.4, -0.2) is 0 Å². The molecule has 1 spiro atoms. The zero-order valence-corrected chi connectivity index (χ0v) is 23.4. The highest BCUT2D eigenvalue weighted by atomic mass is 31.2. The molecule has 0 fully saturated rings. The average Bonchev–Trinajstić information content (AvgIpc) is 3.47. The normalized spacial score (nSPS) is 13.9. The first-order valence-corrected chi connectivity index (χ1v) is 15.5. The molecule has 0 bridgehead atoms. The molecule has 6 heteroatoms. The Kier molecular flexibility index (Phi) is 5.51. The smallest absolute Gasteiger partial charge is 0.171 e. The number of fused-ring (bicyclic) bond motifs is 10. The molecule has 0 aliphatic heterocycles. The number of benzene rings is 6. The van der Waals surface area contributed by atoms with E-state index >= 15 is 4.57 Å². The monoisotopic (exact) mass is 588 g/mol. The Bertz CT molecular complexity index is 2030. The van der Waals surface area contributed by atoms with Crippen molar-refractivity contribution in [2.75, 3.05) is 0 Å². The van der Waals surface area contributed by atoms with Crippen molar-refractivity contribution in [3.63, 3.8) is 0 Å². The van der Waals surface area contributed by atoms with Gasteiger partial charge in [0.1, 0.15) is 23.3 Å². The summed E-state index contributed by atoms with van der Waals surface area (Å²) in [5.41, 5.74) is 7.35. The third-order valence-corrected chi connectivity index (χ3v) is 11.7. The van der Waals surface area contributed by atoms with Crippen molar-refractivity contribution in [1.29, 1.82) is 0 Å². The van der Waals surface area contributed by atoms with E-state index in [0.29, 0.717) is 12.1 Å². The minimum atomic E-state index is -4.20. The topological polar surface area (TPSA) is 17.1 Å². The van der Waals surface area contributed by atoms with Crippen LogP contribution in [0.15, 0.2) is 127 Å². The third kappa shape index (κ3) is 3.49. The zero-order chi connectivity index (χ0) is 29.5. The summed E-state index contributed by atoms with van der Waals surface area (Å²) < 4.78 is 73.8. The molecule has 0 heterocycles. The first-order chi connectivity index (χ1) is 20.8. The van der Waals surface area contributed by atoms with Gasteiger partial charge in [-0.15, -0.1) is 0 Å². The second-order valence-corrected chi connectivity index (χ2v) is 13.7. The average molecular weight is 589 g/mol. The first kappa shape index (κ1) is 25.9. The van der Waals surface area contributed by atoms with E-state index in [9.17, 15) is 17.6 Å². The SMILES string of the molecule is O=P(c1cc(F)cc(F)c1)(c1cc(F)cc(F)c1)c1ccc2c(c1)C1(c3ccccc3-c3ccccc31)c1ccccc1-2. The van der Waals surface area contributed by atoms with Crippen LogP contribution in [0.4, 0.5) is 17.6 Å². The van der Waals surface area contributed by atoms with Gasteiger partial charge < -0.3 is 4.57 Å². The lowest BCUT2D eigenvalue weighted by atomic mass is 9.70. The van der Waals surface area contributed by atoms with Gasteiger partial charge in [-0.05, 0) is 74.8 Å². The van der Waals surface area contributed by atoms with Crippen molar-refractivity contribution in [1.82, 2.24) is 0 Å². The zero-order valence-electron chi connectivity index (χ0n) is 22.5. The van der Waals surface area contributed by atoms with Gasteiger partial charge in [0.2, 0.25) is 0 Å². The Morgan fingerprint density at radius 2 is 0.767 bits per heavy atom. The molecule has 1 nitrogen and oxygen atoms in total. The highest BCUT2D eigenvalue weighted by Crippen LogP contribution is 2.63. The summed E-state index contributed by atoms with van der Waals surface area (Å²) in [5.74, 6) is -3.74. The predicted octanol–water partition coefficient (Wildman–Crippen LogP) is 8.23. The van der Waals surface area contributed by atoms with Crippen LogP contribution < -0.4 is 15.9 Å². The highest BCUT2D eigenvalue weighted by molar-refractivity contribution is 7.85. The Hall–Kier alpha value is -4.73. The molecule has 2 aliphatic rings. The van der Waals surface area contributed by atoms with Crippen molar-refractivity contribution >= 4 is 23.1 Å². The lowest BCUT2D eigenvalue weighted by molar-refractivity contribution is 0.578. The fraction of sp³-hybridized carbons (Fsp3) is 0.0270. The second kappa shape index (κ2) is 9.13. The molecule has 0 aromatic heterocycles. The van der Waals surface area contributed by atoms with Crippen LogP contribution in [0.25, 0.3) is 22.3 Å². The quantitative estimate of drug-likeness (QED) is 0.150. The van der Waals surface area contributed by atoms with Crippen LogP contribution in [0.5, 0.6) is 0 Å². The maximum atomic E-state index is 15.3. The largest absolute Gasteiger partial charge is 0.309 e. The van der Waals surface area contributed by atoms with Gasteiger partial charge in [-0.1, -0.05) is 84.9 Å². The van der Waals surface area contributed by atoms with Gasteiger partial charge in [0.05, 0.1) is 5.41 Å². The van der Waals surface area contributed by atoms with Crippen molar-refractivity contribution in [2.45, 2.75) is 5.41 Å². The maximum Gasteiger partial charge on any atom is 0.171 e. The molecule has 0 amide bonds. The van der Waals surface area contributed by atoms with Crippen LogP contribution in [0.1, 0.15) is 22.3 Å². The Balaban J connectivity index is 1.49. The lowest BCUT2D eigenvalue weighted by Gasteiger charge is -2.31. The highest BCUT2D eigenvalue weighted by Gasteiger charge is 2.52. The molecular weight excluding hydrogens is 567 g/mol. The molecule has 0 atom stereocenters. The van der Waals surface area contributed by atoms with Gasteiger partial charge in [-0.3, -0.25) is 0 Å². The maximum absolute atomic E-state index is 15.3. The predicted molar refractivity (Wildman–Crippen MR) is 162 cm³/mol. The fourth-order valence-electron chi connectivity index (χ4n) is 7.17. The van der Waals surface area contributed by atoms with E-state index in [1.54, 1.807) is 12.1 Å². The van der Waals surface area contributed by atoms with Gasteiger partial charge in [-0.2, -0.15) is 0 Å².